The van der Waals surface area contributed by atoms with E-state index < -0.39 is 11.8 Å². The molecule has 0 atom stereocenters. The highest BCUT2D eigenvalue weighted by Gasteiger charge is 2.42. The quantitative estimate of drug-likeness (QED) is 0.511. The van der Waals surface area contributed by atoms with Gasteiger partial charge in [0, 0.05) is 30.9 Å². The highest BCUT2D eigenvalue weighted by Crippen LogP contribution is 2.38. The van der Waals surface area contributed by atoms with Gasteiger partial charge in [0.25, 0.3) is 11.8 Å². The van der Waals surface area contributed by atoms with Crippen LogP contribution in [0.5, 0.6) is 17.2 Å². The van der Waals surface area contributed by atoms with Crippen LogP contribution in [0.15, 0.2) is 78.5 Å². The Balaban J connectivity index is 1.87. The number of hydrogen-bond acceptors (Lipinski definition) is 6. The molecule has 1 aliphatic heterocycles. The van der Waals surface area contributed by atoms with Crippen molar-refractivity contribution < 1.29 is 23.8 Å². The van der Waals surface area contributed by atoms with Gasteiger partial charge in [-0.2, -0.15) is 0 Å². The minimum absolute atomic E-state index is 0.276. The van der Waals surface area contributed by atoms with Crippen LogP contribution in [0.2, 0.25) is 0 Å². The molecule has 0 spiro atoms. The molecular weight excluding hydrogens is 420 g/mol. The molecule has 0 N–H and O–H groups in total. The van der Waals surface area contributed by atoms with Gasteiger partial charge in [-0.3, -0.25) is 9.59 Å². The first-order valence-corrected chi connectivity index (χ1v) is 10.3. The van der Waals surface area contributed by atoms with Crippen LogP contribution in [0, 0.1) is 0 Å². The van der Waals surface area contributed by atoms with Crippen molar-refractivity contribution >= 4 is 28.8 Å². The summed E-state index contributed by atoms with van der Waals surface area (Å²) < 4.78 is 15.9. The Hall–Kier alpha value is -4.26. The zero-order valence-electron chi connectivity index (χ0n) is 18.9. The molecule has 0 saturated heterocycles. The lowest BCUT2D eigenvalue weighted by Crippen LogP contribution is -2.34. The topological polar surface area (TPSA) is 68.3 Å². The van der Waals surface area contributed by atoms with Crippen LogP contribution in [-0.4, -0.2) is 40.2 Å². The lowest BCUT2D eigenvalue weighted by Gasteiger charge is -2.22. The summed E-state index contributed by atoms with van der Waals surface area (Å²) in [5.41, 5.74) is 2.34. The van der Waals surface area contributed by atoms with Crippen molar-refractivity contribution in [1.29, 1.82) is 0 Å². The summed E-state index contributed by atoms with van der Waals surface area (Å²) in [5, 5.41) is 0. The average Bonchev–Trinajstić information content (AvgIpc) is 3.13. The molecular formula is C26H24N2O5. The summed E-state index contributed by atoms with van der Waals surface area (Å²) in [6.07, 6.45) is 0. The number of benzene rings is 3. The normalized spacial score (nSPS) is 13.4. The molecule has 3 aromatic carbocycles. The molecule has 168 valence electrons. The van der Waals surface area contributed by atoms with E-state index in [0.29, 0.717) is 34.1 Å². The van der Waals surface area contributed by atoms with Crippen molar-refractivity contribution in [3.8, 4) is 17.2 Å². The molecule has 0 aromatic heterocycles. The molecule has 7 heteroatoms. The van der Waals surface area contributed by atoms with Crippen LogP contribution in [0.1, 0.15) is 5.56 Å². The monoisotopic (exact) mass is 444 g/mol. The van der Waals surface area contributed by atoms with E-state index in [4.69, 9.17) is 14.2 Å². The minimum atomic E-state index is -0.438. The zero-order valence-corrected chi connectivity index (χ0v) is 18.9. The van der Waals surface area contributed by atoms with Crippen LogP contribution < -0.4 is 24.0 Å². The summed E-state index contributed by atoms with van der Waals surface area (Å²) in [6.45, 7) is 0. The van der Waals surface area contributed by atoms with Gasteiger partial charge in [-0.15, -0.1) is 0 Å². The van der Waals surface area contributed by atoms with Crippen molar-refractivity contribution in [2.45, 2.75) is 0 Å². The number of nitrogens with zero attached hydrogens (tertiary/aromatic N) is 2. The molecule has 1 heterocycles. The Morgan fingerprint density at radius 2 is 1.27 bits per heavy atom. The van der Waals surface area contributed by atoms with E-state index >= 15 is 0 Å². The van der Waals surface area contributed by atoms with E-state index in [1.807, 2.05) is 30.3 Å². The van der Waals surface area contributed by atoms with E-state index in [2.05, 4.69) is 0 Å². The van der Waals surface area contributed by atoms with Gasteiger partial charge < -0.3 is 19.1 Å². The predicted molar refractivity (Wildman–Crippen MR) is 127 cm³/mol. The van der Waals surface area contributed by atoms with Crippen molar-refractivity contribution in [2.75, 3.05) is 38.2 Å². The van der Waals surface area contributed by atoms with Gasteiger partial charge >= 0.3 is 0 Å². The van der Waals surface area contributed by atoms with E-state index in [-0.39, 0.29) is 5.70 Å². The molecule has 2 amide bonds. The Morgan fingerprint density at radius 3 is 1.82 bits per heavy atom. The lowest BCUT2D eigenvalue weighted by molar-refractivity contribution is -0.120. The van der Waals surface area contributed by atoms with Crippen LogP contribution in [-0.2, 0) is 9.59 Å². The first-order valence-electron chi connectivity index (χ1n) is 10.3. The van der Waals surface area contributed by atoms with Gasteiger partial charge in [0.2, 0.25) is 0 Å². The van der Waals surface area contributed by atoms with Crippen molar-refractivity contribution in [1.82, 2.24) is 0 Å². The maximum absolute atomic E-state index is 13.7. The summed E-state index contributed by atoms with van der Waals surface area (Å²) in [7, 11) is 6.38. The third-order valence-corrected chi connectivity index (χ3v) is 5.51. The number of hydrogen-bond donors (Lipinski definition) is 0. The molecule has 0 fully saturated rings. The van der Waals surface area contributed by atoms with E-state index in [0.717, 1.165) is 10.6 Å². The molecule has 0 bridgehead atoms. The fraction of sp³-hybridized carbons (Fsp3) is 0.154. The second-order valence-electron chi connectivity index (χ2n) is 7.36. The number of methoxy groups -OCH3 is 3. The zero-order chi connectivity index (χ0) is 23.5. The standard InChI is InChI=1S/C26H24N2O5/c1-27(18-8-6-5-7-9-18)24-23(17-10-12-20(31-2)13-11-17)25(29)28(26(24)30)19-14-21(32-3)16-22(15-19)33-4/h5-16H,1-4H3. The molecule has 0 saturated carbocycles. The summed E-state index contributed by atoms with van der Waals surface area (Å²) in [6, 6.07) is 21.4. The molecule has 4 rings (SSSR count). The van der Waals surface area contributed by atoms with Crippen molar-refractivity contribution in [3.05, 3.63) is 84.1 Å². The highest BCUT2D eigenvalue weighted by atomic mass is 16.5. The van der Waals surface area contributed by atoms with Gasteiger partial charge in [-0.1, -0.05) is 30.3 Å². The van der Waals surface area contributed by atoms with E-state index in [1.165, 1.54) is 14.2 Å². The first-order chi connectivity index (χ1) is 16.0. The number of rotatable bonds is 7. The third kappa shape index (κ3) is 4.01. The summed E-state index contributed by atoms with van der Waals surface area (Å²) in [4.78, 5) is 30.3. The van der Waals surface area contributed by atoms with Gasteiger partial charge in [0.15, 0.2) is 0 Å². The van der Waals surface area contributed by atoms with Crippen molar-refractivity contribution in [2.24, 2.45) is 0 Å². The number of para-hydroxylation sites is 1. The van der Waals surface area contributed by atoms with Gasteiger partial charge in [0.05, 0.1) is 32.6 Å². The van der Waals surface area contributed by atoms with Gasteiger partial charge in [0.1, 0.15) is 22.9 Å². The molecule has 0 aliphatic carbocycles. The molecule has 7 nitrogen and oxygen atoms in total. The molecule has 33 heavy (non-hydrogen) atoms. The molecule has 1 aliphatic rings. The molecule has 3 aromatic rings. The second kappa shape index (κ2) is 9.08. The Kier molecular flexibility index (Phi) is 6.04. The van der Waals surface area contributed by atoms with Gasteiger partial charge in [-0.25, -0.2) is 4.90 Å². The van der Waals surface area contributed by atoms with Gasteiger partial charge in [-0.05, 0) is 29.8 Å². The van der Waals surface area contributed by atoms with Crippen LogP contribution in [0.4, 0.5) is 11.4 Å². The maximum Gasteiger partial charge on any atom is 0.282 e. The number of carbonyl (C=O) groups is 2. The number of imide groups is 1. The second-order valence-corrected chi connectivity index (χ2v) is 7.36. The van der Waals surface area contributed by atoms with E-state index in [1.54, 1.807) is 61.5 Å². The Morgan fingerprint density at radius 1 is 0.697 bits per heavy atom. The Labute approximate surface area is 192 Å². The lowest BCUT2D eigenvalue weighted by atomic mass is 10.0. The number of anilines is 2. The van der Waals surface area contributed by atoms with Crippen LogP contribution in [0.3, 0.4) is 0 Å². The van der Waals surface area contributed by atoms with E-state index in [9.17, 15) is 9.59 Å². The average molecular weight is 444 g/mol. The fourth-order valence-electron chi connectivity index (χ4n) is 3.78. The fourth-order valence-corrected chi connectivity index (χ4v) is 3.78. The molecule has 0 unspecified atom stereocenters. The van der Waals surface area contributed by atoms with Crippen molar-refractivity contribution in [3.63, 3.8) is 0 Å². The number of likely N-dealkylation sites (N-methyl/N-ethyl adjacent to an activating group) is 1. The SMILES string of the molecule is COc1ccc(C2=C(N(C)c3ccccc3)C(=O)N(c3cc(OC)cc(OC)c3)C2=O)cc1. The minimum Gasteiger partial charge on any atom is -0.497 e. The molecule has 0 radical (unpaired) electrons. The number of amides is 2. The first kappa shape index (κ1) is 22.0. The highest BCUT2D eigenvalue weighted by molar-refractivity contribution is 6.46. The van der Waals surface area contributed by atoms with Crippen LogP contribution >= 0.6 is 0 Å². The maximum atomic E-state index is 13.7. The third-order valence-electron chi connectivity index (χ3n) is 5.51. The predicted octanol–water partition coefficient (Wildman–Crippen LogP) is 4.13. The van der Waals surface area contributed by atoms with Crippen LogP contribution in [0.25, 0.3) is 5.57 Å². The largest absolute Gasteiger partial charge is 0.497 e. The Bertz CT molecular complexity index is 1200. The summed E-state index contributed by atoms with van der Waals surface area (Å²) >= 11 is 0. The number of carbonyl (C=O) groups excluding carboxylic acids is 2. The number of ether oxygens (including phenoxy) is 3. The summed E-state index contributed by atoms with van der Waals surface area (Å²) in [5.74, 6) is 0.732. The smallest absolute Gasteiger partial charge is 0.282 e.